The van der Waals surface area contributed by atoms with Crippen molar-refractivity contribution in [2.24, 2.45) is 7.05 Å². The lowest BCUT2D eigenvalue weighted by Gasteiger charge is -2.16. The van der Waals surface area contributed by atoms with E-state index in [1.807, 2.05) is 12.3 Å². The Labute approximate surface area is 145 Å². The fourth-order valence-electron chi connectivity index (χ4n) is 2.95. The number of hydrogen-bond acceptors (Lipinski definition) is 6. The van der Waals surface area contributed by atoms with E-state index in [0.29, 0.717) is 24.4 Å². The second kappa shape index (κ2) is 7.32. The maximum absolute atomic E-state index is 12.5. The number of methoxy groups -OCH3 is 1. The summed E-state index contributed by atoms with van der Waals surface area (Å²) in [5.74, 6) is 0.238. The van der Waals surface area contributed by atoms with Gasteiger partial charge in [-0.15, -0.1) is 5.10 Å². The zero-order valence-corrected chi connectivity index (χ0v) is 14.1. The van der Waals surface area contributed by atoms with E-state index >= 15 is 0 Å². The Morgan fingerprint density at radius 1 is 1.40 bits per heavy atom. The van der Waals surface area contributed by atoms with Crippen LogP contribution in [0.25, 0.3) is 0 Å². The molecule has 8 heteroatoms. The van der Waals surface area contributed by atoms with Crippen LogP contribution in [0.5, 0.6) is 5.75 Å². The van der Waals surface area contributed by atoms with E-state index in [1.54, 1.807) is 48.0 Å². The van der Waals surface area contributed by atoms with Gasteiger partial charge in [0.25, 0.3) is 5.91 Å². The van der Waals surface area contributed by atoms with Gasteiger partial charge in [-0.2, -0.15) is 5.26 Å². The molecule has 0 unspecified atom stereocenters. The summed E-state index contributed by atoms with van der Waals surface area (Å²) in [5, 5.41) is 17.1. The maximum Gasteiger partial charge on any atom is 0.260 e. The van der Waals surface area contributed by atoms with Crippen LogP contribution in [0.4, 0.5) is 0 Å². The van der Waals surface area contributed by atoms with E-state index in [0.717, 1.165) is 5.69 Å². The number of para-hydroxylation sites is 1. The highest BCUT2D eigenvalue weighted by molar-refractivity contribution is 5.78. The highest BCUT2D eigenvalue weighted by Crippen LogP contribution is 2.28. The molecule has 25 heavy (non-hydrogen) atoms. The lowest BCUT2D eigenvalue weighted by Crippen LogP contribution is -2.34. The fraction of sp³-hybridized carbons (Fsp3) is 0.412. The van der Waals surface area contributed by atoms with E-state index in [9.17, 15) is 4.79 Å². The number of carbonyl (C=O) groups excluding carboxylic acids is 1. The standard InChI is InChI=1S/C17H19N5O3/c1-21-9-14(19-20-21)13-8-22(10-16(13)24-2)17(23)11-25-15-6-4-3-5-12(15)7-18/h3-6,9,13,16H,8,10-11H2,1-2H3/t13-,16+/m0/s1. The van der Waals surface area contributed by atoms with Gasteiger partial charge in [-0.05, 0) is 12.1 Å². The quantitative estimate of drug-likeness (QED) is 0.795. The third-order valence-electron chi connectivity index (χ3n) is 4.28. The van der Waals surface area contributed by atoms with Crippen LogP contribution in [0, 0.1) is 11.3 Å². The van der Waals surface area contributed by atoms with Gasteiger partial charge in [-0.3, -0.25) is 9.48 Å². The first-order chi connectivity index (χ1) is 12.1. The molecule has 1 saturated heterocycles. The summed E-state index contributed by atoms with van der Waals surface area (Å²) in [6.07, 6.45) is 1.71. The maximum atomic E-state index is 12.5. The molecule has 2 atom stereocenters. The monoisotopic (exact) mass is 341 g/mol. The first kappa shape index (κ1) is 16.9. The molecular formula is C17H19N5O3. The first-order valence-corrected chi connectivity index (χ1v) is 7.91. The van der Waals surface area contributed by atoms with Crippen LogP contribution >= 0.6 is 0 Å². The number of likely N-dealkylation sites (tertiary alicyclic amines) is 1. The van der Waals surface area contributed by atoms with Gasteiger partial charge in [0.2, 0.25) is 0 Å². The molecular weight excluding hydrogens is 322 g/mol. The Bertz CT molecular complexity index is 798. The molecule has 0 spiro atoms. The van der Waals surface area contributed by atoms with E-state index < -0.39 is 0 Å². The van der Waals surface area contributed by atoms with Crippen molar-refractivity contribution < 1.29 is 14.3 Å². The Kier molecular flexibility index (Phi) is 4.95. The van der Waals surface area contributed by atoms with Crippen LogP contribution in [0.3, 0.4) is 0 Å². The molecule has 0 aliphatic carbocycles. The van der Waals surface area contributed by atoms with Crippen LogP contribution in [0.1, 0.15) is 17.2 Å². The lowest BCUT2D eigenvalue weighted by molar-refractivity contribution is -0.132. The van der Waals surface area contributed by atoms with Gasteiger partial charge in [0.05, 0.1) is 23.3 Å². The molecule has 130 valence electrons. The van der Waals surface area contributed by atoms with Crippen molar-refractivity contribution in [1.29, 1.82) is 5.26 Å². The van der Waals surface area contributed by atoms with Gasteiger partial charge >= 0.3 is 0 Å². The van der Waals surface area contributed by atoms with Crippen molar-refractivity contribution in [2.75, 3.05) is 26.8 Å². The minimum absolute atomic E-state index is 0.0194. The highest BCUT2D eigenvalue weighted by atomic mass is 16.5. The van der Waals surface area contributed by atoms with E-state index in [1.165, 1.54) is 0 Å². The molecule has 1 aliphatic rings. The third kappa shape index (κ3) is 3.61. The van der Waals surface area contributed by atoms with Gasteiger partial charge in [-0.1, -0.05) is 17.3 Å². The summed E-state index contributed by atoms with van der Waals surface area (Å²) in [5.41, 5.74) is 1.21. The second-order valence-electron chi connectivity index (χ2n) is 5.89. The van der Waals surface area contributed by atoms with Crippen molar-refractivity contribution >= 4 is 5.91 Å². The number of nitrogens with zero attached hydrogens (tertiary/aromatic N) is 5. The molecule has 1 aliphatic heterocycles. The molecule has 3 rings (SSSR count). The predicted octanol–water partition coefficient (Wildman–Crippen LogP) is 0.707. The second-order valence-corrected chi connectivity index (χ2v) is 5.89. The number of amides is 1. The van der Waals surface area contributed by atoms with E-state index in [2.05, 4.69) is 10.3 Å². The molecule has 1 aromatic carbocycles. The number of carbonyl (C=O) groups is 1. The van der Waals surface area contributed by atoms with Crippen molar-refractivity contribution in [2.45, 2.75) is 12.0 Å². The van der Waals surface area contributed by atoms with Crippen LogP contribution in [0.2, 0.25) is 0 Å². The summed E-state index contributed by atoms with van der Waals surface area (Å²) in [7, 11) is 3.43. The fourth-order valence-corrected chi connectivity index (χ4v) is 2.95. The predicted molar refractivity (Wildman–Crippen MR) is 87.8 cm³/mol. The third-order valence-corrected chi connectivity index (χ3v) is 4.28. The molecule has 0 N–H and O–H groups in total. The number of nitriles is 1. The lowest BCUT2D eigenvalue weighted by atomic mass is 10.0. The number of benzene rings is 1. The molecule has 2 aromatic rings. The number of rotatable bonds is 5. The van der Waals surface area contributed by atoms with Crippen LogP contribution in [-0.4, -0.2) is 58.7 Å². The van der Waals surface area contributed by atoms with Crippen molar-refractivity contribution in [3.8, 4) is 11.8 Å². The molecule has 0 radical (unpaired) electrons. The number of hydrogen-bond donors (Lipinski definition) is 0. The zero-order chi connectivity index (χ0) is 17.8. The Balaban J connectivity index is 1.64. The summed E-state index contributed by atoms with van der Waals surface area (Å²) in [4.78, 5) is 14.2. The molecule has 8 nitrogen and oxygen atoms in total. The van der Waals surface area contributed by atoms with E-state index in [-0.39, 0.29) is 24.5 Å². The molecule has 1 fully saturated rings. The summed E-state index contributed by atoms with van der Waals surface area (Å²) in [6.45, 7) is 0.849. The van der Waals surface area contributed by atoms with Crippen LogP contribution < -0.4 is 4.74 Å². The molecule has 1 aromatic heterocycles. The number of ether oxygens (including phenoxy) is 2. The van der Waals surface area contributed by atoms with Gasteiger partial charge in [-0.25, -0.2) is 0 Å². The first-order valence-electron chi connectivity index (χ1n) is 7.91. The summed E-state index contributed by atoms with van der Waals surface area (Å²) < 4.78 is 12.7. The van der Waals surface area contributed by atoms with Gasteiger partial charge in [0.15, 0.2) is 6.61 Å². The topological polar surface area (TPSA) is 93.3 Å². The Morgan fingerprint density at radius 3 is 2.88 bits per heavy atom. The summed E-state index contributed by atoms with van der Waals surface area (Å²) in [6, 6.07) is 8.90. The van der Waals surface area contributed by atoms with Crippen LogP contribution in [0.15, 0.2) is 30.5 Å². The van der Waals surface area contributed by atoms with Crippen molar-refractivity contribution in [1.82, 2.24) is 19.9 Å². The van der Waals surface area contributed by atoms with Gasteiger partial charge in [0.1, 0.15) is 11.8 Å². The number of aryl methyl sites for hydroxylation is 1. The molecule has 0 saturated carbocycles. The largest absolute Gasteiger partial charge is 0.482 e. The average molecular weight is 341 g/mol. The van der Waals surface area contributed by atoms with E-state index in [4.69, 9.17) is 14.7 Å². The Morgan fingerprint density at radius 2 is 2.20 bits per heavy atom. The normalized spacial score (nSPS) is 19.6. The highest BCUT2D eigenvalue weighted by Gasteiger charge is 2.38. The van der Waals surface area contributed by atoms with Gasteiger partial charge < -0.3 is 14.4 Å². The van der Waals surface area contributed by atoms with Crippen molar-refractivity contribution in [3.63, 3.8) is 0 Å². The SMILES string of the molecule is CO[C@@H]1CN(C(=O)COc2ccccc2C#N)C[C@H]1c1cn(C)nn1. The Hall–Kier alpha value is -2.92. The molecule has 1 amide bonds. The summed E-state index contributed by atoms with van der Waals surface area (Å²) >= 11 is 0. The zero-order valence-electron chi connectivity index (χ0n) is 14.1. The minimum Gasteiger partial charge on any atom is -0.482 e. The van der Waals surface area contributed by atoms with Gasteiger partial charge in [0, 0.05) is 33.4 Å². The smallest absolute Gasteiger partial charge is 0.260 e. The molecule has 2 heterocycles. The van der Waals surface area contributed by atoms with Crippen LogP contribution in [-0.2, 0) is 16.6 Å². The number of aromatic nitrogens is 3. The molecule has 0 bridgehead atoms. The van der Waals surface area contributed by atoms with Crippen molar-refractivity contribution in [3.05, 3.63) is 41.7 Å². The average Bonchev–Trinajstić information content (AvgIpc) is 3.25. The minimum atomic E-state index is -0.152.